The summed E-state index contributed by atoms with van der Waals surface area (Å²) in [5, 5.41) is 8.45. The molecule has 1 aliphatic heterocycles. The van der Waals surface area contributed by atoms with E-state index in [1.165, 1.54) is 5.57 Å². The first-order valence-corrected chi connectivity index (χ1v) is 8.67. The second-order valence-electron chi connectivity index (χ2n) is 7.43. The number of allylic oxidation sites excluding steroid dienone is 2. The molecule has 0 saturated carbocycles. The lowest BCUT2D eigenvalue weighted by Gasteiger charge is -2.40. The molecule has 0 aliphatic carbocycles. The minimum Gasteiger partial charge on any atom is -0.335 e. The molecular weight excluding hydrogens is 300 g/mol. The Morgan fingerprint density at radius 3 is 2.96 bits per heavy atom. The maximum atomic E-state index is 12.4. The van der Waals surface area contributed by atoms with Crippen molar-refractivity contribution >= 4 is 11.6 Å². The van der Waals surface area contributed by atoms with E-state index in [0.29, 0.717) is 13.0 Å². The molecule has 5 nitrogen and oxygen atoms in total. The molecule has 3 rings (SSSR count). The standard InChI is InChI=1S/C19H26N4O/c1-15(2)7-6-10-19(3)11-9-18(24)22(14-19)13-17-21-20-16-8-4-5-12-23(16)17/h4-5,7-8,12H,6,9-11,13-14H2,1-3H3. The maximum absolute atomic E-state index is 12.4. The van der Waals surface area contributed by atoms with Gasteiger partial charge < -0.3 is 4.90 Å². The average Bonchev–Trinajstić information content (AvgIpc) is 2.94. The number of carbonyl (C=O) groups is 1. The molecule has 0 radical (unpaired) electrons. The summed E-state index contributed by atoms with van der Waals surface area (Å²) in [7, 11) is 0. The van der Waals surface area contributed by atoms with Crippen LogP contribution in [0.2, 0.25) is 0 Å². The highest BCUT2D eigenvalue weighted by atomic mass is 16.2. The van der Waals surface area contributed by atoms with Crippen molar-refractivity contribution < 1.29 is 4.79 Å². The van der Waals surface area contributed by atoms with Crippen LogP contribution in [0.25, 0.3) is 5.65 Å². The van der Waals surface area contributed by atoms with E-state index in [9.17, 15) is 4.79 Å². The summed E-state index contributed by atoms with van der Waals surface area (Å²) in [6, 6.07) is 5.83. The van der Waals surface area contributed by atoms with Crippen LogP contribution in [0.4, 0.5) is 0 Å². The molecule has 1 unspecified atom stereocenters. The van der Waals surface area contributed by atoms with Crippen LogP contribution in [0.1, 0.15) is 52.3 Å². The number of pyridine rings is 1. The van der Waals surface area contributed by atoms with Crippen molar-refractivity contribution in [2.75, 3.05) is 6.54 Å². The van der Waals surface area contributed by atoms with E-state index in [2.05, 4.69) is 37.0 Å². The molecule has 0 aromatic carbocycles. The van der Waals surface area contributed by atoms with Gasteiger partial charge in [-0.15, -0.1) is 10.2 Å². The molecule has 24 heavy (non-hydrogen) atoms. The van der Waals surface area contributed by atoms with Gasteiger partial charge in [0.2, 0.25) is 5.91 Å². The number of hydrogen-bond donors (Lipinski definition) is 0. The van der Waals surface area contributed by atoms with Crippen molar-refractivity contribution in [3.63, 3.8) is 0 Å². The fraction of sp³-hybridized carbons (Fsp3) is 0.526. The van der Waals surface area contributed by atoms with E-state index in [-0.39, 0.29) is 11.3 Å². The monoisotopic (exact) mass is 326 g/mol. The van der Waals surface area contributed by atoms with Crippen LogP contribution in [-0.4, -0.2) is 31.9 Å². The third kappa shape index (κ3) is 3.66. The van der Waals surface area contributed by atoms with E-state index < -0.39 is 0 Å². The van der Waals surface area contributed by atoms with Crippen molar-refractivity contribution in [1.82, 2.24) is 19.5 Å². The average molecular weight is 326 g/mol. The van der Waals surface area contributed by atoms with Gasteiger partial charge in [-0.1, -0.05) is 24.6 Å². The Morgan fingerprint density at radius 2 is 2.17 bits per heavy atom. The van der Waals surface area contributed by atoms with Gasteiger partial charge in [0.15, 0.2) is 11.5 Å². The Hall–Kier alpha value is -2.17. The summed E-state index contributed by atoms with van der Waals surface area (Å²) in [5.74, 6) is 1.05. The second-order valence-corrected chi connectivity index (χ2v) is 7.43. The number of rotatable bonds is 5. The van der Waals surface area contributed by atoms with Gasteiger partial charge in [-0.3, -0.25) is 9.20 Å². The first-order valence-electron chi connectivity index (χ1n) is 8.67. The molecule has 5 heteroatoms. The molecule has 1 aliphatic rings. The first-order chi connectivity index (χ1) is 11.5. The van der Waals surface area contributed by atoms with E-state index in [0.717, 1.165) is 37.3 Å². The lowest BCUT2D eigenvalue weighted by atomic mass is 9.77. The Balaban J connectivity index is 1.72. The zero-order valence-electron chi connectivity index (χ0n) is 14.8. The van der Waals surface area contributed by atoms with Crippen LogP contribution in [0, 0.1) is 5.41 Å². The Labute approximate surface area is 143 Å². The molecular formula is C19H26N4O. The first kappa shape index (κ1) is 16.7. The van der Waals surface area contributed by atoms with Gasteiger partial charge >= 0.3 is 0 Å². The normalized spacial score (nSPS) is 21.3. The molecule has 0 spiro atoms. The van der Waals surface area contributed by atoms with Crippen molar-refractivity contribution in [3.8, 4) is 0 Å². The van der Waals surface area contributed by atoms with Gasteiger partial charge in [0.1, 0.15) is 0 Å². The largest absolute Gasteiger partial charge is 0.335 e. The van der Waals surface area contributed by atoms with E-state index in [1.54, 1.807) is 0 Å². The zero-order chi connectivity index (χ0) is 17.2. The van der Waals surface area contributed by atoms with Crippen molar-refractivity contribution in [2.45, 2.75) is 53.0 Å². The lowest BCUT2D eigenvalue weighted by molar-refractivity contribution is -0.138. The highest BCUT2D eigenvalue weighted by molar-refractivity contribution is 5.77. The van der Waals surface area contributed by atoms with Gasteiger partial charge in [-0.25, -0.2) is 0 Å². The van der Waals surface area contributed by atoms with Crippen molar-refractivity contribution in [1.29, 1.82) is 0 Å². The quantitative estimate of drug-likeness (QED) is 0.789. The predicted molar refractivity (Wildman–Crippen MR) is 94.4 cm³/mol. The second kappa shape index (κ2) is 6.75. The van der Waals surface area contributed by atoms with Gasteiger partial charge in [-0.2, -0.15) is 0 Å². The van der Waals surface area contributed by atoms with E-state index in [4.69, 9.17) is 0 Å². The highest BCUT2D eigenvalue weighted by Gasteiger charge is 2.34. The fourth-order valence-electron chi connectivity index (χ4n) is 3.42. The Bertz CT molecular complexity index is 760. The van der Waals surface area contributed by atoms with Gasteiger partial charge in [0.05, 0.1) is 6.54 Å². The number of nitrogens with zero attached hydrogens (tertiary/aromatic N) is 4. The fourth-order valence-corrected chi connectivity index (χ4v) is 3.42. The number of piperidine rings is 1. The number of amides is 1. The van der Waals surface area contributed by atoms with E-state index in [1.807, 2.05) is 33.7 Å². The van der Waals surface area contributed by atoms with Crippen LogP contribution in [0.3, 0.4) is 0 Å². The van der Waals surface area contributed by atoms with Crippen LogP contribution < -0.4 is 0 Å². The third-order valence-electron chi connectivity index (χ3n) is 4.88. The summed E-state index contributed by atoms with van der Waals surface area (Å²) in [4.78, 5) is 14.3. The van der Waals surface area contributed by atoms with Gasteiger partial charge in [0.25, 0.3) is 0 Å². The minimum atomic E-state index is 0.181. The number of fused-ring (bicyclic) bond motifs is 1. The van der Waals surface area contributed by atoms with Crippen LogP contribution in [0.15, 0.2) is 36.0 Å². The molecule has 1 fully saturated rings. The van der Waals surface area contributed by atoms with Crippen molar-refractivity contribution in [3.05, 3.63) is 41.9 Å². The lowest BCUT2D eigenvalue weighted by Crippen LogP contribution is -2.45. The summed E-state index contributed by atoms with van der Waals surface area (Å²) in [5.41, 5.74) is 2.36. The molecule has 0 N–H and O–H groups in total. The molecule has 3 heterocycles. The summed E-state index contributed by atoms with van der Waals surface area (Å²) >= 11 is 0. The van der Waals surface area contributed by atoms with Gasteiger partial charge in [-0.05, 0) is 50.7 Å². The van der Waals surface area contributed by atoms with Crippen LogP contribution in [0.5, 0.6) is 0 Å². The molecule has 1 saturated heterocycles. The molecule has 1 amide bonds. The maximum Gasteiger partial charge on any atom is 0.223 e. The summed E-state index contributed by atoms with van der Waals surface area (Å²) in [6.45, 7) is 7.89. The summed E-state index contributed by atoms with van der Waals surface area (Å²) < 4.78 is 1.96. The number of likely N-dealkylation sites (tertiary alicyclic amines) is 1. The van der Waals surface area contributed by atoms with Gasteiger partial charge in [0, 0.05) is 19.2 Å². The Morgan fingerprint density at radius 1 is 1.33 bits per heavy atom. The predicted octanol–water partition coefficient (Wildman–Crippen LogP) is 3.60. The molecule has 2 aromatic heterocycles. The zero-order valence-corrected chi connectivity index (χ0v) is 14.8. The van der Waals surface area contributed by atoms with Crippen molar-refractivity contribution in [2.24, 2.45) is 5.41 Å². The topological polar surface area (TPSA) is 50.5 Å². The minimum absolute atomic E-state index is 0.181. The SMILES string of the molecule is CC(C)=CCCC1(C)CCC(=O)N(Cc2nnc3ccccn23)C1. The summed E-state index contributed by atoms with van der Waals surface area (Å²) in [6.07, 6.45) is 8.03. The number of aromatic nitrogens is 3. The Kier molecular flexibility index (Phi) is 4.69. The molecule has 2 aromatic rings. The molecule has 128 valence electrons. The van der Waals surface area contributed by atoms with E-state index >= 15 is 0 Å². The highest BCUT2D eigenvalue weighted by Crippen LogP contribution is 2.35. The molecule has 1 atom stereocenters. The smallest absolute Gasteiger partial charge is 0.223 e. The van der Waals surface area contributed by atoms with Crippen LogP contribution >= 0.6 is 0 Å². The number of hydrogen-bond acceptors (Lipinski definition) is 3. The van der Waals surface area contributed by atoms with Crippen LogP contribution in [-0.2, 0) is 11.3 Å². The molecule has 0 bridgehead atoms. The third-order valence-corrected chi connectivity index (χ3v) is 4.88. The number of carbonyl (C=O) groups excluding carboxylic acids is 1.